The van der Waals surface area contributed by atoms with Crippen molar-refractivity contribution in [1.82, 2.24) is 9.88 Å². The lowest BCUT2D eigenvalue weighted by molar-refractivity contribution is 0.111. The van der Waals surface area contributed by atoms with E-state index < -0.39 is 9.84 Å². The van der Waals surface area contributed by atoms with Crippen LogP contribution in [0, 0.1) is 13.8 Å². The van der Waals surface area contributed by atoms with Crippen LogP contribution in [-0.2, 0) is 23.1 Å². The molecule has 9 nitrogen and oxygen atoms in total. The van der Waals surface area contributed by atoms with Gasteiger partial charge in [-0.2, -0.15) is 0 Å². The van der Waals surface area contributed by atoms with Crippen molar-refractivity contribution >= 4 is 27.7 Å². The molecule has 1 N–H and O–H groups in total. The maximum absolute atomic E-state index is 11.9. The van der Waals surface area contributed by atoms with Gasteiger partial charge < -0.3 is 24.2 Å². The summed E-state index contributed by atoms with van der Waals surface area (Å²) in [5.41, 5.74) is 5.97. The molecule has 3 aromatic carbocycles. The number of aliphatic hydroxyl groups excluding tert-OH is 1. The minimum Gasteiger partial charge on any atom is -0.493 e. The molecule has 1 aliphatic rings. The highest BCUT2D eigenvalue weighted by atomic mass is 35.5. The van der Waals surface area contributed by atoms with Crippen molar-refractivity contribution in [1.29, 1.82) is 0 Å². The van der Waals surface area contributed by atoms with Crippen molar-refractivity contribution in [3.8, 4) is 28.4 Å². The number of β-amino-alcohol motifs (C(OH)–C–C–N with tert-alkyl or cyclic N) is 1. The van der Waals surface area contributed by atoms with Crippen molar-refractivity contribution in [2.45, 2.75) is 50.9 Å². The Balaban J connectivity index is 1.27. The van der Waals surface area contributed by atoms with E-state index in [1.54, 1.807) is 6.07 Å². The smallest absolute Gasteiger partial charge is 0.177 e. The van der Waals surface area contributed by atoms with Gasteiger partial charge in [-0.25, -0.2) is 8.42 Å². The Kier molecular flexibility index (Phi) is 11.2. The highest BCUT2D eigenvalue weighted by Crippen LogP contribution is 2.36. The molecule has 0 saturated carbocycles. The first-order valence-electron chi connectivity index (χ1n) is 15.4. The molecule has 0 spiro atoms. The standard InChI is InChI=1S/C36H39ClN2O7S/c1-24-27(7-4-8-31(24)32-9-5-10-34(25(32)2)44-14-6-12-39-13-11-29(41)20-39)23-46-36-17-35(28(21-40)16-33(36)37)45-22-26-15-30(19-38-18-26)47(3,42)43/h4-5,7-10,15-19,21,29,41H,6,11-14,20,22-23H2,1-3H3/t29-/m1/s1. The van der Waals surface area contributed by atoms with Gasteiger partial charge in [-0.05, 0) is 72.7 Å². The first-order valence-corrected chi connectivity index (χ1v) is 17.7. The number of aldehydes is 1. The van der Waals surface area contributed by atoms with Gasteiger partial charge in [-0.15, -0.1) is 0 Å². The molecule has 47 heavy (non-hydrogen) atoms. The quantitative estimate of drug-likeness (QED) is 0.122. The molecule has 1 fully saturated rings. The summed E-state index contributed by atoms with van der Waals surface area (Å²) in [6.45, 7) is 7.50. The number of halogens is 1. The summed E-state index contributed by atoms with van der Waals surface area (Å²) in [5.74, 6) is 1.44. The number of nitrogens with zero attached hydrogens (tertiary/aromatic N) is 2. The fourth-order valence-corrected chi connectivity index (χ4v) is 6.46. The molecule has 5 rings (SSSR count). The summed E-state index contributed by atoms with van der Waals surface area (Å²) in [6.07, 6.45) is 6.04. The van der Waals surface area contributed by atoms with E-state index in [1.807, 2.05) is 24.3 Å². The number of pyridine rings is 1. The Morgan fingerprint density at radius 3 is 2.43 bits per heavy atom. The Hall–Kier alpha value is -3.96. The van der Waals surface area contributed by atoms with Gasteiger partial charge in [0.1, 0.15) is 30.5 Å². The van der Waals surface area contributed by atoms with E-state index >= 15 is 0 Å². The molecule has 2 heterocycles. The van der Waals surface area contributed by atoms with Crippen LogP contribution in [0.15, 0.2) is 71.9 Å². The van der Waals surface area contributed by atoms with E-state index in [0.717, 1.165) is 72.3 Å². The minimum atomic E-state index is -3.43. The summed E-state index contributed by atoms with van der Waals surface area (Å²) in [4.78, 5) is 18.1. The first kappa shape index (κ1) is 34.4. The number of carbonyl (C=O) groups excluding carboxylic acids is 1. The lowest BCUT2D eigenvalue weighted by Crippen LogP contribution is -2.24. The molecular weight excluding hydrogens is 640 g/mol. The Morgan fingerprint density at radius 2 is 1.70 bits per heavy atom. The number of rotatable bonds is 14. The third-order valence-electron chi connectivity index (χ3n) is 8.31. The number of likely N-dealkylation sites (tertiary alicyclic amines) is 1. The maximum Gasteiger partial charge on any atom is 0.177 e. The van der Waals surface area contributed by atoms with E-state index in [9.17, 15) is 18.3 Å². The third kappa shape index (κ3) is 8.70. The number of hydrogen-bond donors (Lipinski definition) is 1. The van der Waals surface area contributed by atoms with Crippen molar-refractivity contribution in [2.24, 2.45) is 0 Å². The molecule has 0 bridgehead atoms. The van der Waals surface area contributed by atoms with Crippen LogP contribution in [0.3, 0.4) is 0 Å². The SMILES string of the molecule is Cc1c(COc2cc(OCc3cncc(S(C)(=O)=O)c3)c(C=O)cc2Cl)cccc1-c1cccc(OCCCN2CC[C@@H](O)C2)c1C. The van der Waals surface area contributed by atoms with E-state index in [2.05, 4.69) is 35.9 Å². The Morgan fingerprint density at radius 1 is 0.957 bits per heavy atom. The molecule has 0 aliphatic carbocycles. The zero-order valence-electron chi connectivity index (χ0n) is 26.7. The van der Waals surface area contributed by atoms with Crippen LogP contribution in [0.2, 0.25) is 5.02 Å². The zero-order chi connectivity index (χ0) is 33.6. The molecule has 248 valence electrons. The van der Waals surface area contributed by atoms with Crippen molar-refractivity contribution in [2.75, 3.05) is 32.5 Å². The minimum absolute atomic E-state index is 0.00979. The average Bonchev–Trinajstić information content (AvgIpc) is 3.47. The molecule has 1 atom stereocenters. The summed E-state index contributed by atoms with van der Waals surface area (Å²) in [7, 11) is -3.43. The molecular formula is C36H39ClN2O7S. The number of carbonyl (C=O) groups is 1. The molecule has 1 saturated heterocycles. The van der Waals surface area contributed by atoms with Gasteiger partial charge in [0.25, 0.3) is 0 Å². The maximum atomic E-state index is 11.9. The molecule has 4 aromatic rings. The highest BCUT2D eigenvalue weighted by molar-refractivity contribution is 7.90. The van der Waals surface area contributed by atoms with Crippen LogP contribution < -0.4 is 14.2 Å². The lowest BCUT2D eigenvalue weighted by atomic mass is 9.93. The fraction of sp³-hybridized carbons (Fsp3) is 0.333. The van der Waals surface area contributed by atoms with E-state index in [-0.39, 0.29) is 40.5 Å². The molecule has 0 radical (unpaired) electrons. The predicted molar refractivity (Wildman–Crippen MR) is 181 cm³/mol. The van der Waals surface area contributed by atoms with E-state index in [0.29, 0.717) is 24.2 Å². The van der Waals surface area contributed by atoms with Gasteiger partial charge >= 0.3 is 0 Å². The zero-order valence-corrected chi connectivity index (χ0v) is 28.3. The summed E-state index contributed by atoms with van der Waals surface area (Å²) >= 11 is 6.49. The van der Waals surface area contributed by atoms with Crippen LogP contribution >= 0.6 is 11.6 Å². The monoisotopic (exact) mass is 678 g/mol. The first-order chi connectivity index (χ1) is 22.5. The van der Waals surface area contributed by atoms with Gasteiger partial charge in [0.2, 0.25) is 0 Å². The number of ether oxygens (including phenoxy) is 3. The molecule has 1 aliphatic heterocycles. The number of aliphatic hydroxyl groups is 1. The largest absolute Gasteiger partial charge is 0.493 e. The van der Waals surface area contributed by atoms with Gasteiger partial charge in [-0.1, -0.05) is 41.9 Å². The topological polar surface area (TPSA) is 115 Å². The second-order valence-corrected chi connectivity index (χ2v) is 14.2. The summed E-state index contributed by atoms with van der Waals surface area (Å²) < 4.78 is 42.0. The lowest BCUT2D eigenvalue weighted by Gasteiger charge is -2.18. The second kappa shape index (κ2) is 15.3. The molecule has 1 aromatic heterocycles. The van der Waals surface area contributed by atoms with Crippen LogP contribution in [-0.4, -0.2) is 68.3 Å². The Bertz CT molecular complexity index is 1850. The molecule has 0 amide bonds. The van der Waals surface area contributed by atoms with Crippen LogP contribution in [0.1, 0.15) is 45.5 Å². The number of hydrogen-bond acceptors (Lipinski definition) is 9. The second-order valence-electron chi connectivity index (χ2n) is 11.8. The number of aromatic nitrogens is 1. The van der Waals surface area contributed by atoms with Crippen molar-refractivity contribution in [3.63, 3.8) is 0 Å². The van der Waals surface area contributed by atoms with Gasteiger partial charge in [0, 0.05) is 49.9 Å². The van der Waals surface area contributed by atoms with Crippen LogP contribution in [0.4, 0.5) is 0 Å². The summed E-state index contributed by atoms with van der Waals surface area (Å²) in [5, 5.41) is 10.0. The average molecular weight is 679 g/mol. The van der Waals surface area contributed by atoms with Crippen LogP contribution in [0.25, 0.3) is 11.1 Å². The van der Waals surface area contributed by atoms with Crippen LogP contribution in [0.5, 0.6) is 17.2 Å². The molecule has 11 heteroatoms. The van der Waals surface area contributed by atoms with Crippen molar-refractivity contribution in [3.05, 3.63) is 99.8 Å². The van der Waals surface area contributed by atoms with Gasteiger partial charge in [0.05, 0.1) is 28.2 Å². The predicted octanol–water partition coefficient (Wildman–Crippen LogP) is 6.23. The fourth-order valence-electron chi connectivity index (χ4n) is 5.62. The normalized spacial score (nSPS) is 15.0. The van der Waals surface area contributed by atoms with Crippen molar-refractivity contribution < 1.29 is 32.5 Å². The Labute approximate surface area is 281 Å². The van der Waals surface area contributed by atoms with Gasteiger partial charge in [0.15, 0.2) is 16.1 Å². The molecule has 0 unspecified atom stereocenters. The number of benzene rings is 3. The number of sulfone groups is 1. The van der Waals surface area contributed by atoms with Gasteiger partial charge in [-0.3, -0.25) is 9.78 Å². The third-order valence-corrected chi connectivity index (χ3v) is 9.69. The highest BCUT2D eigenvalue weighted by Gasteiger charge is 2.20. The van der Waals surface area contributed by atoms with E-state index in [1.165, 1.54) is 24.5 Å². The summed E-state index contributed by atoms with van der Waals surface area (Å²) in [6, 6.07) is 16.7. The van der Waals surface area contributed by atoms with E-state index in [4.69, 9.17) is 25.8 Å².